The van der Waals surface area contributed by atoms with Gasteiger partial charge in [0, 0.05) is 5.41 Å². The first-order chi connectivity index (χ1) is 12.1. The lowest BCUT2D eigenvalue weighted by Crippen LogP contribution is -2.18. The Kier molecular flexibility index (Phi) is 7.36. The molecular formula is C23H32O2. The van der Waals surface area contributed by atoms with Crippen molar-refractivity contribution in [2.45, 2.75) is 58.8 Å². The normalized spacial score (nSPS) is 11.4. The van der Waals surface area contributed by atoms with Gasteiger partial charge in [0.15, 0.2) is 0 Å². The standard InChI is InChI=1S/C23H32O2/c1-5-7-17-24-21-13-9-19(10-14-21)23(3,4)20-11-15-22(16-12-20)25-18-8-6-2/h9-16H,5-8,17-18H2,1-4H3. The van der Waals surface area contributed by atoms with Gasteiger partial charge < -0.3 is 9.47 Å². The van der Waals surface area contributed by atoms with E-state index < -0.39 is 0 Å². The summed E-state index contributed by atoms with van der Waals surface area (Å²) in [5, 5.41) is 0. The van der Waals surface area contributed by atoms with Gasteiger partial charge in [0.2, 0.25) is 0 Å². The molecule has 0 saturated heterocycles. The van der Waals surface area contributed by atoms with E-state index in [0.29, 0.717) is 0 Å². The van der Waals surface area contributed by atoms with Gasteiger partial charge >= 0.3 is 0 Å². The Hall–Kier alpha value is -1.96. The van der Waals surface area contributed by atoms with Crippen LogP contribution in [0.4, 0.5) is 0 Å². The van der Waals surface area contributed by atoms with Gasteiger partial charge in [-0.25, -0.2) is 0 Å². The first kappa shape index (κ1) is 19.4. The third kappa shape index (κ3) is 5.52. The fraction of sp³-hybridized carbons (Fsp3) is 0.478. The van der Waals surface area contributed by atoms with Gasteiger partial charge in [-0.2, -0.15) is 0 Å². The number of ether oxygens (including phenoxy) is 2. The molecule has 0 amide bonds. The predicted molar refractivity (Wildman–Crippen MR) is 106 cm³/mol. The SMILES string of the molecule is CCCCOc1ccc(C(C)(C)c2ccc(OCCCC)cc2)cc1. The molecule has 136 valence electrons. The number of rotatable bonds is 10. The first-order valence-electron chi connectivity index (χ1n) is 9.54. The molecule has 0 atom stereocenters. The Balaban J connectivity index is 2.04. The third-order valence-corrected chi connectivity index (χ3v) is 4.69. The van der Waals surface area contributed by atoms with E-state index in [0.717, 1.165) is 50.4 Å². The average molecular weight is 341 g/mol. The summed E-state index contributed by atoms with van der Waals surface area (Å²) < 4.78 is 11.5. The van der Waals surface area contributed by atoms with Crippen LogP contribution in [0, 0.1) is 0 Å². The summed E-state index contributed by atoms with van der Waals surface area (Å²) in [6.07, 6.45) is 4.51. The molecule has 0 aromatic heterocycles. The van der Waals surface area contributed by atoms with Crippen LogP contribution in [0.3, 0.4) is 0 Å². The monoisotopic (exact) mass is 340 g/mol. The van der Waals surface area contributed by atoms with Crippen molar-refractivity contribution in [1.29, 1.82) is 0 Å². The van der Waals surface area contributed by atoms with E-state index in [9.17, 15) is 0 Å². The number of hydrogen-bond acceptors (Lipinski definition) is 2. The quantitative estimate of drug-likeness (QED) is 0.468. The Morgan fingerprint density at radius 1 is 0.640 bits per heavy atom. The van der Waals surface area contributed by atoms with Crippen molar-refractivity contribution in [3.63, 3.8) is 0 Å². The van der Waals surface area contributed by atoms with Crippen LogP contribution in [0.1, 0.15) is 64.5 Å². The van der Waals surface area contributed by atoms with Crippen LogP contribution < -0.4 is 9.47 Å². The molecule has 2 aromatic carbocycles. The number of hydrogen-bond donors (Lipinski definition) is 0. The minimum Gasteiger partial charge on any atom is -0.494 e. The highest BCUT2D eigenvalue weighted by molar-refractivity contribution is 5.41. The molecule has 0 saturated carbocycles. The smallest absolute Gasteiger partial charge is 0.119 e. The second-order valence-corrected chi connectivity index (χ2v) is 7.08. The van der Waals surface area contributed by atoms with Crippen LogP contribution in [-0.2, 0) is 5.41 Å². The van der Waals surface area contributed by atoms with Gasteiger partial charge in [-0.3, -0.25) is 0 Å². The van der Waals surface area contributed by atoms with E-state index in [1.807, 2.05) is 0 Å². The summed E-state index contributed by atoms with van der Waals surface area (Å²) in [6.45, 7) is 10.4. The Morgan fingerprint density at radius 3 is 1.32 bits per heavy atom. The van der Waals surface area contributed by atoms with Crippen molar-refractivity contribution in [1.82, 2.24) is 0 Å². The van der Waals surface area contributed by atoms with Crippen LogP contribution in [0.2, 0.25) is 0 Å². The minimum atomic E-state index is -0.0517. The molecule has 0 spiro atoms. The maximum Gasteiger partial charge on any atom is 0.119 e. The summed E-state index contributed by atoms with van der Waals surface area (Å²) >= 11 is 0. The molecular weight excluding hydrogens is 308 g/mol. The Bertz CT molecular complexity index is 556. The molecule has 2 heteroatoms. The largest absolute Gasteiger partial charge is 0.494 e. The molecule has 0 radical (unpaired) electrons. The highest BCUT2D eigenvalue weighted by Gasteiger charge is 2.23. The van der Waals surface area contributed by atoms with Gasteiger partial charge in [0.25, 0.3) is 0 Å². The van der Waals surface area contributed by atoms with Crippen molar-refractivity contribution in [3.8, 4) is 11.5 Å². The fourth-order valence-electron chi connectivity index (χ4n) is 2.77. The molecule has 2 nitrogen and oxygen atoms in total. The lowest BCUT2D eigenvalue weighted by Gasteiger charge is -2.26. The zero-order valence-corrected chi connectivity index (χ0v) is 16.2. The summed E-state index contributed by atoms with van der Waals surface area (Å²) in [7, 11) is 0. The van der Waals surface area contributed by atoms with Crippen LogP contribution >= 0.6 is 0 Å². The summed E-state index contributed by atoms with van der Waals surface area (Å²) in [5.41, 5.74) is 2.52. The molecule has 2 rings (SSSR count). The summed E-state index contributed by atoms with van der Waals surface area (Å²) in [6, 6.07) is 17.0. The zero-order chi connectivity index (χ0) is 18.1. The number of benzene rings is 2. The molecule has 0 unspecified atom stereocenters. The van der Waals surface area contributed by atoms with Crippen molar-refractivity contribution in [2.75, 3.05) is 13.2 Å². The molecule has 0 N–H and O–H groups in total. The van der Waals surface area contributed by atoms with Crippen LogP contribution in [0.25, 0.3) is 0 Å². The predicted octanol–water partition coefficient (Wildman–Crippen LogP) is 6.37. The Morgan fingerprint density at radius 2 is 1.00 bits per heavy atom. The molecule has 0 aliphatic carbocycles. The fourth-order valence-corrected chi connectivity index (χ4v) is 2.77. The lowest BCUT2D eigenvalue weighted by atomic mass is 9.78. The van der Waals surface area contributed by atoms with Crippen LogP contribution in [-0.4, -0.2) is 13.2 Å². The van der Waals surface area contributed by atoms with Gasteiger partial charge in [-0.05, 0) is 48.2 Å². The molecule has 25 heavy (non-hydrogen) atoms. The molecule has 0 heterocycles. The van der Waals surface area contributed by atoms with Gasteiger partial charge in [-0.1, -0.05) is 64.8 Å². The van der Waals surface area contributed by atoms with E-state index in [-0.39, 0.29) is 5.41 Å². The van der Waals surface area contributed by atoms with Gasteiger partial charge in [0.1, 0.15) is 11.5 Å². The number of unbranched alkanes of at least 4 members (excludes halogenated alkanes) is 2. The molecule has 0 aliphatic rings. The second-order valence-electron chi connectivity index (χ2n) is 7.08. The third-order valence-electron chi connectivity index (χ3n) is 4.69. The second kappa shape index (κ2) is 9.50. The topological polar surface area (TPSA) is 18.5 Å². The van der Waals surface area contributed by atoms with Gasteiger partial charge in [0.05, 0.1) is 13.2 Å². The molecule has 0 fully saturated rings. The van der Waals surface area contributed by atoms with Crippen LogP contribution in [0.5, 0.6) is 11.5 Å². The van der Waals surface area contributed by atoms with E-state index >= 15 is 0 Å². The van der Waals surface area contributed by atoms with Crippen LogP contribution in [0.15, 0.2) is 48.5 Å². The van der Waals surface area contributed by atoms with Crippen molar-refractivity contribution in [2.24, 2.45) is 0 Å². The van der Waals surface area contributed by atoms with E-state index in [4.69, 9.17) is 9.47 Å². The van der Waals surface area contributed by atoms with Crippen molar-refractivity contribution in [3.05, 3.63) is 59.7 Å². The van der Waals surface area contributed by atoms with E-state index in [1.165, 1.54) is 11.1 Å². The maximum atomic E-state index is 5.77. The highest BCUT2D eigenvalue weighted by atomic mass is 16.5. The average Bonchev–Trinajstić information content (AvgIpc) is 2.63. The van der Waals surface area contributed by atoms with E-state index in [2.05, 4.69) is 76.2 Å². The van der Waals surface area contributed by atoms with E-state index in [1.54, 1.807) is 0 Å². The van der Waals surface area contributed by atoms with Gasteiger partial charge in [-0.15, -0.1) is 0 Å². The van der Waals surface area contributed by atoms with Crippen molar-refractivity contribution < 1.29 is 9.47 Å². The van der Waals surface area contributed by atoms with Crippen molar-refractivity contribution >= 4 is 0 Å². The molecule has 0 aliphatic heterocycles. The first-order valence-corrected chi connectivity index (χ1v) is 9.54. The minimum absolute atomic E-state index is 0.0517. The lowest BCUT2D eigenvalue weighted by molar-refractivity contribution is 0.309. The summed E-state index contributed by atoms with van der Waals surface area (Å²) in [5.74, 6) is 1.90. The maximum absolute atomic E-state index is 5.77. The summed E-state index contributed by atoms with van der Waals surface area (Å²) in [4.78, 5) is 0. The molecule has 0 bridgehead atoms. The zero-order valence-electron chi connectivity index (χ0n) is 16.2. The highest BCUT2D eigenvalue weighted by Crippen LogP contribution is 2.33. The molecule has 2 aromatic rings. The Labute approximate surface area is 153 Å².